The molecule has 0 unspecified atom stereocenters. The van der Waals surface area contributed by atoms with E-state index >= 15 is 0 Å². The van der Waals surface area contributed by atoms with Crippen LogP contribution in [0.4, 0.5) is 0 Å². The summed E-state index contributed by atoms with van der Waals surface area (Å²) in [4.78, 5) is 27.3. The second-order valence-electron chi connectivity index (χ2n) is 8.92. The van der Waals surface area contributed by atoms with Gasteiger partial charge < -0.3 is 14.9 Å². The molecule has 0 radical (unpaired) electrons. The number of benzene rings is 2. The molecule has 0 aliphatic carbocycles. The lowest BCUT2D eigenvalue weighted by atomic mass is 9.94. The van der Waals surface area contributed by atoms with Gasteiger partial charge >= 0.3 is 5.97 Å². The Morgan fingerprint density at radius 1 is 1.00 bits per heavy atom. The fourth-order valence-electron chi connectivity index (χ4n) is 4.78. The van der Waals surface area contributed by atoms with Gasteiger partial charge in [-0.2, -0.15) is 0 Å². The van der Waals surface area contributed by atoms with E-state index in [4.69, 9.17) is 5.11 Å². The smallest absolute Gasteiger partial charge is 0.303 e. The van der Waals surface area contributed by atoms with Crippen molar-refractivity contribution in [3.05, 3.63) is 59.2 Å². The highest BCUT2D eigenvalue weighted by Crippen LogP contribution is 2.27. The zero-order valence-electron chi connectivity index (χ0n) is 18.3. The van der Waals surface area contributed by atoms with Gasteiger partial charge in [-0.1, -0.05) is 42.5 Å². The molecule has 0 aromatic heterocycles. The molecule has 31 heavy (non-hydrogen) atoms. The summed E-state index contributed by atoms with van der Waals surface area (Å²) < 4.78 is 0. The number of aliphatic carboxylic acids is 1. The van der Waals surface area contributed by atoms with Gasteiger partial charge in [0.1, 0.15) is 0 Å². The van der Waals surface area contributed by atoms with Gasteiger partial charge in [0, 0.05) is 32.1 Å². The summed E-state index contributed by atoms with van der Waals surface area (Å²) >= 11 is 0. The first-order valence-corrected chi connectivity index (χ1v) is 11.4. The maximum absolute atomic E-state index is 12.2. The molecule has 0 saturated carbocycles. The number of hydrogen-bond acceptors (Lipinski definition) is 3. The van der Waals surface area contributed by atoms with E-state index in [2.05, 4.69) is 54.3 Å². The quantitative estimate of drug-likeness (QED) is 0.732. The van der Waals surface area contributed by atoms with Crippen LogP contribution < -0.4 is 0 Å². The van der Waals surface area contributed by atoms with Gasteiger partial charge in [-0.15, -0.1) is 0 Å². The standard InChI is InChI=1S/C26H32N2O3/c1-19-3-2-14-27(19)15-12-20-4-6-21(7-5-20)22-8-9-24-18-28(16-13-23(24)17-22)25(29)10-11-26(30)31/h4-9,17,19H,2-3,10-16,18H2,1H3,(H,30,31)/t19-/m1/s1. The minimum Gasteiger partial charge on any atom is -0.481 e. The van der Waals surface area contributed by atoms with E-state index in [1.807, 2.05) is 0 Å². The number of carbonyl (C=O) groups is 2. The molecule has 1 atom stereocenters. The van der Waals surface area contributed by atoms with Crippen LogP contribution in [0.25, 0.3) is 11.1 Å². The van der Waals surface area contributed by atoms with Crippen molar-refractivity contribution in [3.63, 3.8) is 0 Å². The first kappa shape index (κ1) is 21.6. The maximum Gasteiger partial charge on any atom is 0.303 e. The van der Waals surface area contributed by atoms with E-state index in [0.29, 0.717) is 13.1 Å². The van der Waals surface area contributed by atoms with E-state index in [0.717, 1.165) is 31.0 Å². The number of carbonyl (C=O) groups excluding carboxylic acids is 1. The topological polar surface area (TPSA) is 60.9 Å². The van der Waals surface area contributed by atoms with Crippen LogP contribution >= 0.6 is 0 Å². The Morgan fingerprint density at radius 3 is 2.48 bits per heavy atom. The minimum atomic E-state index is -0.924. The van der Waals surface area contributed by atoms with Crippen LogP contribution in [0.2, 0.25) is 0 Å². The Bertz CT molecular complexity index is 938. The normalized spacial score (nSPS) is 18.7. The van der Waals surface area contributed by atoms with Crippen LogP contribution in [0.3, 0.4) is 0 Å². The molecule has 1 N–H and O–H groups in total. The first-order valence-electron chi connectivity index (χ1n) is 11.4. The van der Waals surface area contributed by atoms with E-state index in [-0.39, 0.29) is 18.7 Å². The number of carboxylic acid groups (broad SMARTS) is 1. The van der Waals surface area contributed by atoms with Crippen molar-refractivity contribution >= 4 is 11.9 Å². The number of nitrogens with zero attached hydrogens (tertiary/aromatic N) is 2. The molecule has 2 aliphatic rings. The van der Waals surface area contributed by atoms with Gasteiger partial charge in [-0.3, -0.25) is 9.59 Å². The van der Waals surface area contributed by atoms with Crippen LogP contribution in [0.5, 0.6) is 0 Å². The summed E-state index contributed by atoms with van der Waals surface area (Å²) in [7, 11) is 0. The molecule has 1 amide bonds. The fraction of sp³-hybridized carbons (Fsp3) is 0.462. The van der Waals surface area contributed by atoms with E-state index in [9.17, 15) is 9.59 Å². The SMILES string of the molecule is C[C@@H]1CCCN1CCc1ccc(-c2ccc3c(c2)CCN(C(=O)CCC(=O)O)C3)cc1. The predicted molar refractivity (Wildman–Crippen MR) is 122 cm³/mol. The van der Waals surface area contributed by atoms with E-state index in [1.54, 1.807) is 4.90 Å². The third kappa shape index (κ3) is 5.34. The predicted octanol–water partition coefficient (Wildman–Crippen LogP) is 4.13. The van der Waals surface area contributed by atoms with Crippen molar-refractivity contribution in [2.75, 3.05) is 19.6 Å². The monoisotopic (exact) mass is 420 g/mol. The number of fused-ring (bicyclic) bond motifs is 1. The number of rotatable bonds is 7. The van der Waals surface area contributed by atoms with Crippen molar-refractivity contribution in [2.45, 2.75) is 58.0 Å². The van der Waals surface area contributed by atoms with Crippen molar-refractivity contribution in [1.82, 2.24) is 9.80 Å². The zero-order valence-corrected chi connectivity index (χ0v) is 18.3. The number of carboxylic acids is 1. The molecule has 0 spiro atoms. The highest BCUT2D eigenvalue weighted by Gasteiger charge is 2.22. The molecule has 2 aromatic rings. The summed E-state index contributed by atoms with van der Waals surface area (Å²) in [6, 6.07) is 16.1. The van der Waals surface area contributed by atoms with Crippen molar-refractivity contribution < 1.29 is 14.7 Å². The summed E-state index contributed by atoms with van der Waals surface area (Å²) in [5, 5.41) is 8.79. The largest absolute Gasteiger partial charge is 0.481 e. The fourth-order valence-corrected chi connectivity index (χ4v) is 4.78. The second-order valence-corrected chi connectivity index (χ2v) is 8.92. The molecular formula is C26H32N2O3. The molecule has 5 nitrogen and oxygen atoms in total. The summed E-state index contributed by atoms with van der Waals surface area (Å²) in [5.41, 5.74) is 6.27. The minimum absolute atomic E-state index is 0.0731. The Kier molecular flexibility index (Phi) is 6.71. The Hall–Kier alpha value is -2.66. The summed E-state index contributed by atoms with van der Waals surface area (Å²) in [6.07, 6.45) is 4.53. The third-order valence-electron chi connectivity index (χ3n) is 6.79. The first-order chi connectivity index (χ1) is 15.0. The van der Waals surface area contributed by atoms with Gasteiger partial charge in [0.15, 0.2) is 0 Å². The highest BCUT2D eigenvalue weighted by atomic mass is 16.4. The molecule has 4 rings (SSSR count). The van der Waals surface area contributed by atoms with Crippen LogP contribution in [0.15, 0.2) is 42.5 Å². The van der Waals surface area contributed by atoms with Gasteiger partial charge in [-0.05, 0) is 67.0 Å². The Morgan fingerprint density at radius 2 is 1.77 bits per heavy atom. The van der Waals surface area contributed by atoms with Gasteiger partial charge in [-0.25, -0.2) is 0 Å². The lowest BCUT2D eigenvalue weighted by molar-refractivity contribution is -0.141. The van der Waals surface area contributed by atoms with Crippen LogP contribution in [-0.4, -0.2) is 52.5 Å². The zero-order chi connectivity index (χ0) is 21.8. The second kappa shape index (κ2) is 9.65. The lowest BCUT2D eigenvalue weighted by Gasteiger charge is -2.29. The van der Waals surface area contributed by atoms with Crippen molar-refractivity contribution in [1.29, 1.82) is 0 Å². The number of amides is 1. The van der Waals surface area contributed by atoms with Crippen LogP contribution in [0, 0.1) is 0 Å². The molecular weight excluding hydrogens is 388 g/mol. The average molecular weight is 421 g/mol. The van der Waals surface area contributed by atoms with Gasteiger partial charge in [0.2, 0.25) is 5.91 Å². The van der Waals surface area contributed by atoms with Crippen molar-refractivity contribution in [2.24, 2.45) is 0 Å². The summed E-state index contributed by atoms with van der Waals surface area (Å²) in [6.45, 7) is 5.93. The number of likely N-dealkylation sites (tertiary alicyclic amines) is 1. The highest BCUT2D eigenvalue weighted by molar-refractivity contribution is 5.81. The Labute approximate surface area is 184 Å². The van der Waals surface area contributed by atoms with Gasteiger partial charge in [0.05, 0.1) is 6.42 Å². The number of hydrogen-bond donors (Lipinski definition) is 1. The Balaban J connectivity index is 1.37. The van der Waals surface area contributed by atoms with Crippen molar-refractivity contribution in [3.8, 4) is 11.1 Å². The average Bonchev–Trinajstić information content (AvgIpc) is 3.20. The molecule has 1 saturated heterocycles. The van der Waals surface area contributed by atoms with Crippen LogP contribution in [0.1, 0.15) is 49.3 Å². The lowest BCUT2D eigenvalue weighted by Crippen LogP contribution is -2.36. The maximum atomic E-state index is 12.2. The molecule has 2 heterocycles. The van der Waals surface area contributed by atoms with E-state index in [1.165, 1.54) is 41.6 Å². The molecule has 2 aliphatic heterocycles. The van der Waals surface area contributed by atoms with Gasteiger partial charge in [0.25, 0.3) is 0 Å². The molecule has 1 fully saturated rings. The molecule has 5 heteroatoms. The molecule has 164 valence electrons. The van der Waals surface area contributed by atoms with Crippen LogP contribution in [-0.2, 0) is 29.0 Å². The molecule has 0 bridgehead atoms. The van der Waals surface area contributed by atoms with E-state index < -0.39 is 5.97 Å². The third-order valence-corrected chi connectivity index (χ3v) is 6.79. The summed E-state index contributed by atoms with van der Waals surface area (Å²) in [5.74, 6) is -0.997. The molecule has 2 aromatic carbocycles.